The molecule has 2 heteroatoms. The molecule has 0 nitrogen and oxygen atoms in total. The number of allylic oxidation sites excluding steroid dienone is 1. The smallest absolute Gasteiger partial charge is 0.159 e. The Morgan fingerprint density at radius 3 is 2.38 bits per heavy atom. The van der Waals surface area contributed by atoms with Crippen LogP contribution in [0, 0.1) is 17.6 Å². The molecular formula is C24H26F2. The average Bonchev–Trinajstić information content (AvgIpc) is 2.67. The van der Waals surface area contributed by atoms with Crippen molar-refractivity contribution in [1.29, 1.82) is 0 Å². The molecule has 2 aromatic rings. The fourth-order valence-corrected chi connectivity index (χ4v) is 4.89. The summed E-state index contributed by atoms with van der Waals surface area (Å²) in [6.45, 7) is 3.85. The number of hydrogen-bond acceptors (Lipinski definition) is 0. The first-order chi connectivity index (χ1) is 12.7. The molecule has 0 fully saturated rings. The van der Waals surface area contributed by atoms with Gasteiger partial charge in [0.2, 0.25) is 0 Å². The fourth-order valence-electron chi connectivity index (χ4n) is 4.89. The zero-order chi connectivity index (χ0) is 18.1. The van der Waals surface area contributed by atoms with E-state index in [0.29, 0.717) is 5.92 Å². The third kappa shape index (κ3) is 3.34. The number of benzene rings is 2. The van der Waals surface area contributed by atoms with Gasteiger partial charge in [-0.25, -0.2) is 8.78 Å². The summed E-state index contributed by atoms with van der Waals surface area (Å²) in [6.07, 6.45) is 11.1. The van der Waals surface area contributed by atoms with Crippen LogP contribution in [0.25, 0.3) is 0 Å². The minimum atomic E-state index is -0.759. The van der Waals surface area contributed by atoms with E-state index in [1.807, 2.05) is 6.08 Å². The van der Waals surface area contributed by atoms with E-state index in [1.165, 1.54) is 48.9 Å². The molecule has 4 rings (SSSR count). The van der Waals surface area contributed by atoms with Gasteiger partial charge in [0.05, 0.1) is 0 Å². The Bertz CT molecular complexity index is 821. The van der Waals surface area contributed by atoms with E-state index in [2.05, 4.69) is 18.7 Å². The maximum atomic E-state index is 13.6. The number of rotatable bonds is 4. The summed E-state index contributed by atoms with van der Waals surface area (Å²) in [5, 5.41) is 0. The largest absolute Gasteiger partial charge is 0.204 e. The Morgan fingerprint density at radius 2 is 1.65 bits per heavy atom. The fraction of sp³-hybridized carbons (Fsp3) is 0.417. The molecule has 2 unspecified atom stereocenters. The van der Waals surface area contributed by atoms with Gasteiger partial charge in [0.1, 0.15) is 0 Å². The van der Waals surface area contributed by atoms with E-state index < -0.39 is 11.6 Å². The lowest BCUT2D eigenvalue weighted by Crippen LogP contribution is -2.20. The Morgan fingerprint density at radius 1 is 0.923 bits per heavy atom. The molecule has 2 aromatic carbocycles. The molecule has 2 aliphatic carbocycles. The molecule has 136 valence electrons. The van der Waals surface area contributed by atoms with Crippen LogP contribution in [0.5, 0.6) is 0 Å². The molecule has 0 saturated heterocycles. The second-order valence-electron chi connectivity index (χ2n) is 7.93. The molecule has 2 atom stereocenters. The highest BCUT2D eigenvalue weighted by atomic mass is 19.2. The summed E-state index contributed by atoms with van der Waals surface area (Å²) < 4.78 is 26.8. The second-order valence-corrected chi connectivity index (χ2v) is 7.93. The van der Waals surface area contributed by atoms with Crippen molar-refractivity contribution in [3.63, 3.8) is 0 Å². The molecule has 0 aliphatic heterocycles. The molecule has 0 aromatic heterocycles. The SMILES string of the molecule is C=CCCC1CCc2c(ccc3c2CCC(c2ccc(F)c(F)c2)C3)C1. The predicted molar refractivity (Wildman–Crippen MR) is 103 cm³/mol. The molecule has 0 radical (unpaired) electrons. The summed E-state index contributed by atoms with van der Waals surface area (Å²) in [6, 6.07) is 9.00. The van der Waals surface area contributed by atoms with Gasteiger partial charge in [0.25, 0.3) is 0 Å². The third-order valence-electron chi connectivity index (χ3n) is 6.34. The molecule has 0 bridgehead atoms. The zero-order valence-corrected chi connectivity index (χ0v) is 15.2. The van der Waals surface area contributed by atoms with E-state index in [0.717, 1.165) is 37.2 Å². The Kier molecular flexibility index (Phi) is 4.93. The highest BCUT2D eigenvalue weighted by Gasteiger charge is 2.27. The first-order valence-electron chi connectivity index (χ1n) is 9.84. The van der Waals surface area contributed by atoms with Crippen LogP contribution >= 0.6 is 0 Å². The van der Waals surface area contributed by atoms with E-state index in [-0.39, 0.29) is 0 Å². The maximum absolute atomic E-state index is 13.6. The molecule has 26 heavy (non-hydrogen) atoms. The van der Waals surface area contributed by atoms with Crippen molar-refractivity contribution in [2.75, 3.05) is 0 Å². The van der Waals surface area contributed by atoms with Crippen molar-refractivity contribution in [2.24, 2.45) is 5.92 Å². The van der Waals surface area contributed by atoms with Gasteiger partial charge in [-0.1, -0.05) is 24.3 Å². The third-order valence-corrected chi connectivity index (χ3v) is 6.34. The van der Waals surface area contributed by atoms with Crippen LogP contribution < -0.4 is 0 Å². The average molecular weight is 352 g/mol. The Labute approximate surface area is 154 Å². The summed E-state index contributed by atoms with van der Waals surface area (Å²) >= 11 is 0. The van der Waals surface area contributed by atoms with Crippen molar-refractivity contribution >= 4 is 0 Å². The van der Waals surface area contributed by atoms with E-state index in [9.17, 15) is 8.78 Å². The predicted octanol–water partition coefficient (Wildman–Crippen LogP) is 6.31. The lowest BCUT2D eigenvalue weighted by atomic mass is 9.73. The highest BCUT2D eigenvalue weighted by Crippen LogP contribution is 2.39. The summed E-state index contributed by atoms with van der Waals surface area (Å²) in [5.74, 6) is -0.411. The lowest BCUT2D eigenvalue weighted by Gasteiger charge is -2.32. The van der Waals surface area contributed by atoms with Gasteiger partial charge >= 0.3 is 0 Å². The van der Waals surface area contributed by atoms with Gasteiger partial charge in [-0.3, -0.25) is 0 Å². The van der Waals surface area contributed by atoms with Crippen molar-refractivity contribution in [3.8, 4) is 0 Å². The highest BCUT2D eigenvalue weighted by molar-refractivity contribution is 5.45. The molecule has 0 spiro atoms. The molecular weight excluding hydrogens is 326 g/mol. The van der Waals surface area contributed by atoms with Gasteiger partial charge in [-0.15, -0.1) is 6.58 Å². The zero-order valence-electron chi connectivity index (χ0n) is 15.2. The number of halogens is 2. The topological polar surface area (TPSA) is 0 Å². The van der Waals surface area contributed by atoms with Crippen molar-refractivity contribution in [3.05, 3.63) is 82.4 Å². The minimum Gasteiger partial charge on any atom is -0.204 e. The van der Waals surface area contributed by atoms with Crippen LogP contribution in [0.15, 0.2) is 43.0 Å². The normalized spacial score (nSPS) is 21.8. The van der Waals surface area contributed by atoms with Crippen LogP contribution in [0.1, 0.15) is 59.4 Å². The van der Waals surface area contributed by atoms with Gasteiger partial charge in [0, 0.05) is 0 Å². The van der Waals surface area contributed by atoms with Crippen molar-refractivity contribution < 1.29 is 8.78 Å². The van der Waals surface area contributed by atoms with Crippen LogP contribution in [0.2, 0.25) is 0 Å². The standard InChI is InChI=1S/C24H26F2/c1-2-3-4-16-5-10-21-19(13-16)6-7-20-14-17(8-11-22(20)21)18-9-12-23(25)24(26)15-18/h2,6-7,9,12,15-17H,1,3-5,8,10-11,13-14H2. The summed E-state index contributed by atoms with van der Waals surface area (Å²) in [5.41, 5.74) is 7.01. The number of fused-ring (bicyclic) bond motifs is 3. The van der Waals surface area contributed by atoms with Crippen LogP contribution in [0.3, 0.4) is 0 Å². The summed E-state index contributed by atoms with van der Waals surface area (Å²) in [4.78, 5) is 0. The van der Waals surface area contributed by atoms with Gasteiger partial charge in [-0.05, 0) is 103 Å². The Balaban J connectivity index is 1.54. The Hall–Kier alpha value is -1.96. The first kappa shape index (κ1) is 17.5. The second kappa shape index (κ2) is 7.34. The quantitative estimate of drug-likeness (QED) is 0.566. The van der Waals surface area contributed by atoms with Gasteiger partial charge in [-0.2, -0.15) is 0 Å². The molecule has 2 aliphatic rings. The molecule has 0 amide bonds. The lowest BCUT2D eigenvalue weighted by molar-refractivity contribution is 0.427. The first-order valence-corrected chi connectivity index (χ1v) is 9.84. The maximum Gasteiger partial charge on any atom is 0.159 e. The molecule has 0 N–H and O–H groups in total. The van der Waals surface area contributed by atoms with Crippen molar-refractivity contribution in [1.82, 2.24) is 0 Å². The van der Waals surface area contributed by atoms with Crippen LogP contribution in [0.4, 0.5) is 8.78 Å². The monoisotopic (exact) mass is 352 g/mol. The van der Waals surface area contributed by atoms with E-state index >= 15 is 0 Å². The van der Waals surface area contributed by atoms with Crippen LogP contribution in [-0.2, 0) is 25.7 Å². The minimum absolute atomic E-state index is 0.291. The molecule has 0 heterocycles. The van der Waals surface area contributed by atoms with E-state index in [1.54, 1.807) is 17.2 Å². The number of hydrogen-bond donors (Lipinski definition) is 0. The molecule has 0 saturated carbocycles. The van der Waals surface area contributed by atoms with E-state index in [4.69, 9.17) is 0 Å². The van der Waals surface area contributed by atoms with Gasteiger partial charge < -0.3 is 0 Å². The summed E-state index contributed by atoms with van der Waals surface area (Å²) in [7, 11) is 0. The van der Waals surface area contributed by atoms with Gasteiger partial charge in [0.15, 0.2) is 11.6 Å². The van der Waals surface area contributed by atoms with Crippen LogP contribution in [-0.4, -0.2) is 0 Å². The van der Waals surface area contributed by atoms with Crippen molar-refractivity contribution in [2.45, 2.75) is 57.3 Å².